The summed E-state index contributed by atoms with van der Waals surface area (Å²) in [5.74, 6) is 2.48. The van der Waals surface area contributed by atoms with Gasteiger partial charge in [0.2, 0.25) is 0 Å². The van der Waals surface area contributed by atoms with Crippen LogP contribution in [0.5, 0.6) is 11.5 Å². The zero-order valence-corrected chi connectivity index (χ0v) is 18.9. The summed E-state index contributed by atoms with van der Waals surface area (Å²) >= 11 is 0. The summed E-state index contributed by atoms with van der Waals surface area (Å²) in [6.45, 7) is 8.65. The van der Waals surface area contributed by atoms with E-state index >= 15 is 0 Å². The first-order chi connectivity index (χ1) is 13.9. The Morgan fingerprint density at radius 1 is 1.10 bits per heavy atom. The molecule has 0 bridgehead atoms. The van der Waals surface area contributed by atoms with Gasteiger partial charge in [0, 0.05) is 20.1 Å². The van der Waals surface area contributed by atoms with Crippen LogP contribution in [-0.4, -0.2) is 51.4 Å². The van der Waals surface area contributed by atoms with Gasteiger partial charge in [0.1, 0.15) is 0 Å². The lowest BCUT2D eigenvalue weighted by molar-refractivity contribution is 0.109. The van der Waals surface area contributed by atoms with E-state index in [1.165, 1.54) is 5.56 Å². The molecule has 0 aliphatic rings. The summed E-state index contributed by atoms with van der Waals surface area (Å²) < 4.78 is 16.4. The van der Waals surface area contributed by atoms with Crippen molar-refractivity contribution in [3.8, 4) is 11.5 Å². The third kappa shape index (κ3) is 9.81. The molecule has 0 fully saturated rings. The normalized spacial score (nSPS) is 14.6. The van der Waals surface area contributed by atoms with Crippen LogP contribution in [0, 0.1) is 11.8 Å². The molecule has 6 heteroatoms. The fraction of sp³-hybridized carbons (Fsp3) is 0.739. The average Bonchev–Trinajstić information content (AvgIpc) is 2.72. The van der Waals surface area contributed by atoms with Crippen LogP contribution in [0.4, 0.5) is 0 Å². The quantitative estimate of drug-likeness (QED) is 0.286. The Bertz CT molecular complexity index is 554. The van der Waals surface area contributed by atoms with E-state index in [0.29, 0.717) is 31.5 Å². The van der Waals surface area contributed by atoms with E-state index in [0.717, 1.165) is 43.7 Å². The first kappa shape index (κ1) is 25.7. The molecule has 6 nitrogen and oxygen atoms in total. The molecule has 0 aliphatic heterocycles. The van der Waals surface area contributed by atoms with Crippen LogP contribution in [0.25, 0.3) is 0 Å². The number of aliphatic hydroxyl groups is 1. The highest BCUT2D eigenvalue weighted by atomic mass is 16.5. The maximum absolute atomic E-state index is 10.4. The maximum Gasteiger partial charge on any atom is 0.161 e. The van der Waals surface area contributed by atoms with Crippen molar-refractivity contribution in [2.24, 2.45) is 17.6 Å². The van der Waals surface area contributed by atoms with Gasteiger partial charge in [0.05, 0.1) is 26.0 Å². The highest BCUT2D eigenvalue weighted by molar-refractivity contribution is 5.43. The topological polar surface area (TPSA) is 86.0 Å². The summed E-state index contributed by atoms with van der Waals surface area (Å²) in [5, 5.41) is 13.5. The monoisotopic (exact) mass is 410 g/mol. The average molecular weight is 411 g/mol. The number of benzene rings is 1. The molecule has 1 unspecified atom stereocenters. The van der Waals surface area contributed by atoms with E-state index in [9.17, 15) is 5.11 Å². The molecule has 1 aromatic rings. The third-order valence-electron chi connectivity index (χ3n) is 5.30. The molecule has 3 atom stereocenters. The first-order valence-electron chi connectivity index (χ1n) is 10.9. The number of nitrogens with two attached hydrogens (primary N) is 1. The van der Waals surface area contributed by atoms with E-state index in [-0.39, 0.29) is 6.17 Å². The Balaban J connectivity index is 2.69. The van der Waals surface area contributed by atoms with Crippen LogP contribution in [0.2, 0.25) is 0 Å². The Morgan fingerprint density at radius 2 is 1.86 bits per heavy atom. The van der Waals surface area contributed by atoms with Gasteiger partial charge in [-0.3, -0.25) is 5.32 Å². The van der Waals surface area contributed by atoms with Crippen LogP contribution in [0.1, 0.15) is 52.0 Å². The zero-order valence-electron chi connectivity index (χ0n) is 18.9. The van der Waals surface area contributed by atoms with Crippen LogP contribution >= 0.6 is 0 Å². The molecule has 1 rings (SSSR count). The maximum atomic E-state index is 10.4. The molecule has 0 saturated heterocycles. The SMILES string of the molecule is CCCNC(N)[C@@H](O)CC[C@@H](Cc1ccc(OC)c(OCCCOC)c1)C(C)C. The largest absolute Gasteiger partial charge is 0.493 e. The molecule has 0 spiro atoms. The second-order valence-electron chi connectivity index (χ2n) is 8.01. The zero-order chi connectivity index (χ0) is 21.6. The first-order valence-corrected chi connectivity index (χ1v) is 10.9. The van der Waals surface area contributed by atoms with Crippen molar-refractivity contribution in [1.29, 1.82) is 0 Å². The Kier molecular flexibility index (Phi) is 12.9. The number of ether oxygens (including phenoxy) is 3. The number of hydrogen-bond donors (Lipinski definition) is 3. The standard InChI is InChI=1S/C23H42N2O4/c1-6-12-25-23(24)20(26)10-9-19(17(2)3)15-18-8-11-21(28-5)22(16-18)29-14-7-13-27-4/h8,11,16-17,19-20,23,25-26H,6-7,9-10,12-15,24H2,1-5H3/t19-,20-,23?/m0/s1. The van der Waals surface area contributed by atoms with Crippen LogP contribution < -0.4 is 20.5 Å². The van der Waals surface area contributed by atoms with Crippen molar-refractivity contribution in [3.05, 3.63) is 23.8 Å². The summed E-state index contributed by atoms with van der Waals surface area (Å²) in [6, 6.07) is 6.14. The summed E-state index contributed by atoms with van der Waals surface area (Å²) in [5.41, 5.74) is 7.25. The van der Waals surface area contributed by atoms with Crippen LogP contribution in [0.3, 0.4) is 0 Å². The minimum atomic E-state index is -0.529. The lowest BCUT2D eigenvalue weighted by Crippen LogP contribution is -2.47. The van der Waals surface area contributed by atoms with Crippen molar-refractivity contribution in [3.63, 3.8) is 0 Å². The lowest BCUT2D eigenvalue weighted by Gasteiger charge is -2.25. The highest BCUT2D eigenvalue weighted by Gasteiger charge is 2.20. The molecule has 1 aromatic carbocycles. The highest BCUT2D eigenvalue weighted by Crippen LogP contribution is 2.31. The molecule has 0 saturated carbocycles. The van der Waals surface area contributed by atoms with Gasteiger partial charge in [-0.05, 0) is 61.8 Å². The molecule has 0 heterocycles. The second-order valence-corrected chi connectivity index (χ2v) is 8.01. The molecule has 0 aromatic heterocycles. The molecular weight excluding hydrogens is 368 g/mol. The van der Waals surface area contributed by atoms with Crippen LogP contribution in [-0.2, 0) is 11.2 Å². The van der Waals surface area contributed by atoms with Gasteiger partial charge in [0.15, 0.2) is 11.5 Å². The minimum absolute atomic E-state index is 0.365. The predicted molar refractivity (Wildman–Crippen MR) is 119 cm³/mol. The molecular formula is C23H42N2O4. The summed E-state index contributed by atoms with van der Waals surface area (Å²) in [7, 11) is 3.35. The Morgan fingerprint density at radius 3 is 2.48 bits per heavy atom. The number of methoxy groups -OCH3 is 2. The molecule has 168 valence electrons. The van der Waals surface area contributed by atoms with Gasteiger partial charge in [-0.25, -0.2) is 0 Å². The van der Waals surface area contributed by atoms with Gasteiger partial charge >= 0.3 is 0 Å². The van der Waals surface area contributed by atoms with E-state index in [1.54, 1.807) is 14.2 Å². The van der Waals surface area contributed by atoms with Crippen molar-refractivity contribution in [2.75, 3.05) is 34.0 Å². The molecule has 4 N–H and O–H groups in total. The van der Waals surface area contributed by atoms with E-state index < -0.39 is 6.10 Å². The van der Waals surface area contributed by atoms with Gasteiger partial charge in [-0.2, -0.15) is 0 Å². The smallest absolute Gasteiger partial charge is 0.161 e. The van der Waals surface area contributed by atoms with E-state index in [4.69, 9.17) is 19.9 Å². The summed E-state index contributed by atoms with van der Waals surface area (Å²) in [6.07, 6.45) is 3.49. The van der Waals surface area contributed by atoms with E-state index in [1.807, 2.05) is 6.07 Å². The number of aliphatic hydroxyl groups excluding tert-OH is 1. The van der Waals surface area contributed by atoms with Gasteiger partial charge < -0.3 is 25.1 Å². The number of nitrogens with one attached hydrogen (secondary N) is 1. The second kappa shape index (κ2) is 14.6. The van der Waals surface area contributed by atoms with Gasteiger partial charge in [-0.1, -0.05) is 26.8 Å². The van der Waals surface area contributed by atoms with Crippen molar-refractivity contribution in [2.45, 2.75) is 65.1 Å². The fourth-order valence-electron chi connectivity index (χ4n) is 3.33. The Hall–Kier alpha value is -1.34. The summed E-state index contributed by atoms with van der Waals surface area (Å²) in [4.78, 5) is 0. The van der Waals surface area contributed by atoms with Gasteiger partial charge in [-0.15, -0.1) is 0 Å². The van der Waals surface area contributed by atoms with Crippen molar-refractivity contribution in [1.82, 2.24) is 5.32 Å². The van der Waals surface area contributed by atoms with Crippen molar-refractivity contribution >= 4 is 0 Å². The van der Waals surface area contributed by atoms with Crippen LogP contribution in [0.15, 0.2) is 18.2 Å². The number of hydrogen-bond acceptors (Lipinski definition) is 6. The number of rotatable bonds is 16. The minimum Gasteiger partial charge on any atom is -0.493 e. The molecule has 0 amide bonds. The van der Waals surface area contributed by atoms with Gasteiger partial charge in [0.25, 0.3) is 0 Å². The molecule has 0 aliphatic carbocycles. The van der Waals surface area contributed by atoms with E-state index in [2.05, 4.69) is 38.2 Å². The molecule has 29 heavy (non-hydrogen) atoms. The predicted octanol–water partition coefficient (Wildman–Crippen LogP) is 3.35. The fourth-order valence-corrected chi connectivity index (χ4v) is 3.33. The third-order valence-corrected chi connectivity index (χ3v) is 5.30. The Labute approximate surface area is 177 Å². The van der Waals surface area contributed by atoms with Crippen molar-refractivity contribution < 1.29 is 19.3 Å². The molecule has 0 radical (unpaired) electrons. The lowest BCUT2D eigenvalue weighted by atomic mass is 9.84.